The molecule has 2 N–H and O–H groups in total. The fourth-order valence-electron chi connectivity index (χ4n) is 4.60. The number of rotatable bonds is 5. The van der Waals surface area contributed by atoms with E-state index in [1.807, 2.05) is 0 Å². The Bertz CT molecular complexity index is 569. The predicted molar refractivity (Wildman–Crippen MR) is 115 cm³/mol. The minimum absolute atomic E-state index is 0. The Morgan fingerprint density at radius 3 is 2.26 bits per heavy atom. The SMILES string of the molecule is Cl.Cl.O=C(CCN1CCN(c2ccccc2)CC1)NC1CC2CCC(C1)N2. The number of benzene rings is 1. The summed E-state index contributed by atoms with van der Waals surface area (Å²) in [5.74, 6) is 0.233. The Labute approximate surface area is 175 Å². The van der Waals surface area contributed by atoms with Gasteiger partial charge in [-0.2, -0.15) is 0 Å². The van der Waals surface area contributed by atoms with Gasteiger partial charge in [-0.3, -0.25) is 9.69 Å². The molecule has 5 nitrogen and oxygen atoms in total. The smallest absolute Gasteiger partial charge is 0.221 e. The van der Waals surface area contributed by atoms with Crippen LogP contribution in [0.5, 0.6) is 0 Å². The van der Waals surface area contributed by atoms with Gasteiger partial charge in [-0.15, -0.1) is 24.8 Å². The van der Waals surface area contributed by atoms with Gasteiger partial charge in [-0.1, -0.05) is 18.2 Å². The van der Waals surface area contributed by atoms with Crippen LogP contribution in [0, 0.1) is 0 Å². The first-order valence-corrected chi connectivity index (χ1v) is 9.84. The van der Waals surface area contributed by atoms with E-state index >= 15 is 0 Å². The molecular formula is C20H32Cl2N4O. The highest BCUT2D eigenvalue weighted by atomic mass is 35.5. The van der Waals surface area contributed by atoms with Crippen LogP contribution in [-0.4, -0.2) is 61.7 Å². The van der Waals surface area contributed by atoms with Gasteiger partial charge in [0.25, 0.3) is 0 Å². The molecule has 3 aliphatic heterocycles. The average molecular weight is 415 g/mol. The quantitative estimate of drug-likeness (QED) is 0.776. The Hall–Kier alpha value is -1.01. The van der Waals surface area contributed by atoms with Crippen LogP contribution in [0.25, 0.3) is 0 Å². The Morgan fingerprint density at radius 1 is 1.00 bits per heavy atom. The molecule has 0 aliphatic carbocycles. The molecule has 1 amide bonds. The standard InChI is InChI=1S/C20H30N4O.2ClH/c25-20(22-18-14-16-6-7-17(15-18)21-16)8-9-23-10-12-24(13-11-23)19-4-2-1-3-5-19;;/h1-5,16-18,21H,6-15H2,(H,22,25);2*1H. The molecule has 3 heterocycles. The van der Waals surface area contributed by atoms with Crippen LogP contribution in [-0.2, 0) is 4.79 Å². The molecule has 3 saturated heterocycles. The topological polar surface area (TPSA) is 47.6 Å². The van der Waals surface area contributed by atoms with Gasteiger partial charge in [0, 0.05) is 63.0 Å². The first kappa shape index (κ1) is 22.3. The van der Waals surface area contributed by atoms with Crippen molar-refractivity contribution in [2.45, 2.75) is 50.2 Å². The lowest BCUT2D eigenvalue weighted by atomic mass is 10.00. The maximum Gasteiger partial charge on any atom is 0.221 e. The molecule has 2 atom stereocenters. The fourth-order valence-corrected chi connectivity index (χ4v) is 4.60. The number of halogens is 2. The number of carbonyl (C=O) groups excluding carboxylic acids is 1. The molecular weight excluding hydrogens is 383 g/mol. The van der Waals surface area contributed by atoms with Gasteiger partial charge in [0.05, 0.1) is 0 Å². The van der Waals surface area contributed by atoms with E-state index in [-0.39, 0.29) is 30.7 Å². The second-order valence-electron chi connectivity index (χ2n) is 7.79. The highest BCUT2D eigenvalue weighted by Crippen LogP contribution is 2.26. The van der Waals surface area contributed by atoms with Gasteiger partial charge in [0.1, 0.15) is 0 Å². The molecule has 0 spiro atoms. The zero-order valence-electron chi connectivity index (χ0n) is 15.8. The number of fused-ring (bicyclic) bond motifs is 2. The lowest BCUT2D eigenvalue weighted by Crippen LogP contribution is -2.49. The number of nitrogens with zero attached hydrogens (tertiary/aromatic N) is 2. The minimum atomic E-state index is 0. The molecule has 7 heteroatoms. The molecule has 2 unspecified atom stereocenters. The number of amides is 1. The van der Waals surface area contributed by atoms with Gasteiger partial charge in [0.2, 0.25) is 5.91 Å². The zero-order valence-corrected chi connectivity index (χ0v) is 17.4. The summed E-state index contributed by atoms with van der Waals surface area (Å²) in [6, 6.07) is 12.3. The van der Waals surface area contributed by atoms with Gasteiger partial charge in [-0.25, -0.2) is 0 Å². The third kappa shape index (κ3) is 5.98. The van der Waals surface area contributed by atoms with E-state index < -0.39 is 0 Å². The Kier molecular flexibility index (Phi) is 8.67. The maximum atomic E-state index is 12.3. The third-order valence-electron chi connectivity index (χ3n) is 5.99. The molecule has 0 aromatic heterocycles. The summed E-state index contributed by atoms with van der Waals surface area (Å²) in [6.07, 6.45) is 5.41. The van der Waals surface area contributed by atoms with Crippen molar-refractivity contribution in [2.75, 3.05) is 37.6 Å². The highest BCUT2D eigenvalue weighted by Gasteiger charge is 2.33. The van der Waals surface area contributed by atoms with Crippen LogP contribution in [0.2, 0.25) is 0 Å². The summed E-state index contributed by atoms with van der Waals surface area (Å²) in [4.78, 5) is 17.2. The fraction of sp³-hybridized carbons (Fsp3) is 0.650. The summed E-state index contributed by atoms with van der Waals surface area (Å²) >= 11 is 0. The molecule has 2 bridgehead atoms. The van der Waals surface area contributed by atoms with Crippen LogP contribution in [0.15, 0.2) is 30.3 Å². The molecule has 4 rings (SSSR count). The molecule has 1 aromatic rings. The molecule has 3 fully saturated rings. The maximum absolute atomic E-state index is 12.3. The lowest BCUT2D eigenvalue weighted by molar-refractivity contribution is -0.122. The molecule has 0 saturated carbocycles. The number of piperidine rings is 1. The summed E-state index contributed by atoms with van der Waals surface area (Å²) in [5, 5.41) is 6.91. The summed E-state index contributed by atoms with van der Waals surface area (Å²) in [7, 11) is 0. The number of nitrogens with one attached hydrogen (secondary N) is 2. The molecule has 27 heavy (non-hydrogen) atoms. The van der Waals surface area contributed by atoms with Crippen molar-refractivity contribution in [1.29, 1.82) is 0 Å². The van der Waals surface area contributed by atoms with E-state index in [1.165, 1.54) is 18.5 Å². The van der Waals surface area contributed by atoms with E-state index in [0.717, 1.165) is 45.6 Å². The van der Waals surface area contributed by atoms with Crippen LogP contribution in [0.1, 0.15) is 32.1 Å². The van der Waals surface area contributed by atoms with Crippen molar-refractivity contribution in [1.82, 2.24) is 15.5 Å². The number of piperazine rings is 1. The Morgan fingerprint density at radius 2 is 1.63 bits per heavy atom. The van der Waals surface area contributed by atoms with Crippen molar-refractivity contribution in [3.05, 3.63) is 30.3 Å². The second-order valence-corrected chi connectivity index (χ2v) is 7.79. The van der Waals surface area contributed by atoms with Gasteiger partial charge < -0.3 is 15.5 Å². The lowest BCUT2D eigenvalue weighted by Gasteiger charge is -2.36. The van der Waals surface area contributed by atoms with Crippen LogP contribution in [0.3, 0.4) is 0 Å². The highest BCUT2D eigenvalue weighted by molar-refractivity contribution is 5.85. The van der Waals surface area contributed by atoms with Gasteiger partial charge in [0.15, 0.2) is 0 Å². The largest absolute Gasteiger partial charge is 0.369 e. The number of hydrogen-bond donors (Lipinski definition) is 2. The molecule has 1 aromatic carbocycles. The Balaban J connectivity index is 0.00000131. The first-order chi connectivity index (χ1) is 12.3. The van der Waals surface area contributed by atoms with Gasteiger partial charge in [-0.05, 0) is 37.8 Å². The van der Waals surface area contributed by atoms with Crippen molar-refractivity contribution in [2.24, 2.45) is 0 Å². The molecule has 3 aliphatic rings. The van der Waals surface area contributed by atoms with Crippen molar-refractivity contribution < 1.29 is 4.79 Å². The van der Waals surface area contributed by atoms with E-state index in [2.05, 4.69) is 50.8 Å². The van der Waals surface area contributed by atoms with Crippen molar-refractivity contribution >= 4 is 36.4 Å². The van der Waals surface area contributed by atoms with E-state index in [0.29, 0.717) is 24.5 Å². The number of anilines is 1. The van der Waals surface area contributed by atoms with Crippen LogP contribution >= 0.6 is 24.8 Å². The van der Waals surface area contributed by atoms with Crippen LogP contribution in [0.4, 0.5) is 5.69 Å². The first-order valence-electron chi connectivity index (χ1n) is 9.84. The minimum Gasteiger partial charge on any atom is -0.369 e. The second kappa shape index (κ2) is 10.5. The van der Waals surface area contributed by atoms with Gasteiger partial charge >= 0.3 is 0 Å². The number of para-hydroxylation sites is 1. The van der Waals surface area contributed by atoms with Crippen molar-refractivity contribution in [3.63, 3.8) is 0 Å². The van der Waals surface area contributed by atoms with E-state index in [4.69, 9.17) is 0 Å². The molecule has 152 valence electrons. The number of carbonyl (C=O) groups is 1. The summed E-state index contributed by atoms with van der Waals surface area (Å²) in [6.45, 7) is 5.05. The molecule has 0 radical (unpaired) electrons. The predicted octanol–water partition coefficient (Wildman–Crippen LogP) is 2.44. The monoisotopic (exact) mass is 414 g/mol. The summed E-state index contributed by atoms with van der Waals surface area (Å²) in [5.41, 5.74) is 1.31. The average Bonchev–Trinajstić information content (AvgIpc) is 2.99. The van der Waals surface area contributed by atoms with E-state index in [1.54, 1.807) is 0 Å². The van der Waals surface area contributed by atoms with E-state index in [9.17, 15) is 4.79 Å². The summed E-state index contributed by atoms with van der Waals surface area (Å²) < 4.78 is 0. The number of hydrogen-bond acceptors (Lipinski definition) is 4. The van der Waals surface area contributed by atoms with Crippen molar-refractivity contribution in [3.8, 4) is 0 Å². The third-order valence-corrected chi connectivity index (χ3v) is 5.99. The van der Waals surface area contributed by atoms with Crippen LogP contribution < -0.4 is 15.5 Å². The zero-order chi connectivity index (χ0) is 17.1. The normalized spacial score (nSPS) is 27.4.